The van der Waals surface area contributed by atoms with Crippen molar-refractivity contribution in [2.45, 2.75) is 25.5 Å². The highest BCUT2D eigenvalue weighted by molar-refractivity contribution is 5.46. The minimum absolute atomic E-state index is 0.470. The van der Waals surface area contributed by atoms with Gasteiger partial charge in [0.1, 0.15) is 0 Å². The molecule has 82 valence electrons. The topological polar surface area (TPSA) is 62.4 Å². The van der Waals surface area contributed by atoms with Crippen LogP contribution in [0.4, 0.5) is 5.69 Å². The summed E-state index contributed by atoms with van der Waals surface area (Å²) in [5.41, 5.74) is 6.87. The van der Waals surface area contributed by atoms with Crippen molar-refractivity contribution in [3.63, 3.8) is 0 Å². The van der Waals surface area contributed by atoms with E-state index in [1.165, 1.54) is 0 Å². The van der Waals surface area contributed by atoms with Crippen LogP contribution < -0.4 is 10.6 Å². The van der Waals surface area contributed by atoms with Crippen LogP contribution >= 0.6 is 0 Å². The van der Waals surface area contributed by atoms with Gasteiger partial charge >= 0.3 is 0 Å². The second-order valence-corrected chi connectivity index (χ2v) is 4.38. The van der Waals surface area contributed by atoms with Crippen molar-refractivity contribution < 1.29 is 5.11 Å². The Morgan fingerprint density at radius 1 is 1.60 bits per heavy atom. The number of nitrogens with two attached hydrogens (primary N) is 1. The van der Waals surface area contributed by atoms with Crippen molar-refractivity contribution in [1.29, 1.82) is 0 Å². The number of nitrogens with zero attached hydrogens (tertiary/aromatic N) is 2. The highest BCUT2D eigenvalue weighted by atomic mass is 16.3. The van der Waals surface area contributed by atoms with E-state index in [2.05, 4.69) is 9.88 Å². The summed E-state index contributed by atoms with van der Waals surface area (Å²) in [6.07, 6.45) is 2.63. The standard InChI is InChI=1S/C11H17N3O/c1-11(15)4-5-14(8-11)10-3-2-9(6-12)13-7-10/h2-3,7,15H,4-6,8,12H2,1H3. The zero-order valence-corrected chi connectivity index (χ0v) is 8.98. The lowest BCUT2D eigenvalue weighted by molar-refractivity contribution is 0.0839. The number of aromatic nitrogens is 1. The third-order valence-electron chi connectivity index (χ3n) is 2.84. The molecule has 15 heavy (non-hydrogen) atoms. The molecule has 1 atom stereocenters. The molecule has 2 rings (SSSR count). The second kappa shape index (κ2) is 3.79. The van der Waals surface area contributed by atoms with Crippen LogP contribution in [0.15, 0.2) is 18.3 Å². The van der Waals surface area contributed by atoms with Crippen molar-refractivity contribution in [1.82, 2.24) is 4.98 Å². The first-order chi connectivity index (χ1) is 7.11. The van der Waals surface area contributed by atoms with Gasteiger partial charge in [0.15, 0.2) is 0 Å². The van der Waals surface area contributed by atoms with Crippen molar-refractivity contribution in [3.8, 4) is 0 Å². The average Bonchev–Trinajstić information content (AvgIpc) is 2.59. The van der Waals surface area contributed by atoms with Crippen molar-refractivity contribution in [3.05, 3.63) is 24.0 Å². The molecule has 0 amide bonds. The van der Waals surface area contributed by atoms with E-state index in [9.17, 15) is 5.11 Å². The Morgan fingerprint density at radius 2 is 2.40 bits per heavy atom. The van der Waals surface area contributed by atoms with E-state index in [0.717, 1.165) is 24.3 Å². The number of pyridine rings is 1. The number of anilines is 1. The normalized spacial score (nSPS) is 25.9. The second-order valence-electron chi connectivity index (χ2n) is 4.38. The molecule has 2 heterocycles. The average molecular weight is 207 g/mol. The third kappa shape index (κ3) is 2.27. The highest BCUT2D eigenvalue weighted by Crippen LogP contribution is 2.25. The summed E-state index contributed by atoms with van der Waals surface area (Å²) >= 11 is 0. The summed E-state index contributed by atoms with van der Waals surface area (Å²) in [6.45, 7) is 3.90. The zero-order valence-electron chi connectivity index (χ0n) is 8.98. The molecule has 0 saturated carbocycles. The fraction of sp³-hybridized carbons (Fsp3) is 0.545. The molecule has 0 spiro atoms. The number of aliphatic hydroxyl groups is 1. The van der Waals surface area contributed by atoms with Crippen molar-refractivity contribution >= 4 is 5.69 Å². The molecule has 1 fully saturated rings. The van der Waals surface area contributed by atoms with E-state index in [1.807, 2.05) is 25.3 Å². The van der Waals surface area contributed by atoms with Gasteiger partial charge in [0.05, 0.1) is 23.2 Å². The summed E-state index contributed by atoms with van der Waals surface area (Å²) in [5.74, 6) is 0. The summed E-state index contributed by atoms with van der Waals surface area (Å²) in [6, 6.07) is 3.94. The molecule has 1 aromatic heterocycles. The van der Waals surface area contributed by atoms with E-state index in [-0.39, 0.29) is 0 Å². The molecular weight excluding hydrogens is 190 g/mol. The van der Waals surface area contributed by atoms with Gasteiger partial charge in [0.25, 0.3) is 0 Å². The molecule has 0 aromatic carbocycles. The van der Waals surface area contributed by atoms with Crippen LogP contribution in [0.1, 0.15) is 19.0 Å². The number of rotatable bonds is 2. The van der Waals surface area contributed by atoms with Gasteiger partial charge in [-0.15, -0.1) is 0 Å². The Morgan fingerprint density at radius 3 is 2.87 bits per heavy atom. The fourth-order valence-corrected chi connectivity index (χ4v) is 1.89. The maximum Gasteiger partial charge on any atom is 0.0810 e. The van der Waals surface area contributed by atoms with Gasteiger partial charge in [-0.25, -0.2) is 0 Å². The minimum Gasteiger partial charge on any atom is -0.388 e. The molecule has 0 aliphatic carbocycles. The summed E-state index contributed by atoms with van der Waals surface area (Å²) in [5, 5.41) is 9.84. The predicted molar refractivity (Wildman–Crippen MR) is 59.6 cm³/mol. The van der Waals surface area contributed by atoms with Gasteiger partial charge < -0.3 is 15.7 Å². The van der Waals surface area contributed by atoms with Crippen LogP contribution in [0, 0.1) is 0 Å². The maximum atomic E-state index is 9.84. The third-order valence-corrected chi connectivity index (χ3v) is 2.84. The van der Waals surface area contributed by atoms with E-state index < -0.39 is 5.60 Å². The predicted octanol–water partition coefficient (Wildman–Crippen LogP) is 0.501. The van der Waals surface area contributed by atoms with Gasteiger partial charge in [0, 0.05) is 19.6 Å². The molecule has 3 N–H and O–H groups in total. The first-order valence-corrected chi connectivity index (χ1v) is 5.23. The van der Waals surface area contributed by atoms with E-state index >= 15 is 0 Å². The number of hydrogen-bond acceptors (Lipinski definition) is 4. The van der Waals surface area contributed by atoms with Gasteiger partial charge in [-0.1, -0.05) is 0 Å². The van der Waals surface area contributed by atoms with Gasteiger partial charge in [-0.2, -0.15) is 0 Å². The quantitative estimate of drug-likeness (QED) is 0.741. The van der Waals surface area contributed by atoms with Gasteiger partial charge in [-0.3, -0.25) is 4.98 Å². The van der Waals surface area contributed by atoms with Crippen molar-refractivity contribution in [2.75, 3.05) is 18.0 Å². The number of β-amino-alcohol motifs (C(OH)–C–C–N with tert-alkyl or cyclic N) is 1. The van der Waals surface area contributed by atoms with Crippen LogP contribution in [0.25, 0.3) is 0 Å². The van der Waals surface area contributed by atoms with Crippen LogP contribution in [0.2, 0.25) is 0 Å². The lowest BCUT2D eigenvalue weighted by Gasteiger charge is -2.20. The SMILES string of the molecule is CC1(O)CCN(c2ccc(CN)nc2)C1. The molecule has 1 aromatic rings. The molecule has 1 saturated heterocycles. The molecule has 0 bridgehead atoms. The summed E-state index contributed by atoms with van der Waals surface area (Å²) < 4.78 is 0. The first-order valence-electron chi connectivity index (χ1n) is 5.23. The van der Waals surface area contributed by atoms with Gasteiger partial charge in [-0.05, 0) is 25.5 Å². The Balaban J connectivity index is 2.11. The van der Waals surface area contributed by atoms with E-state index in [0.29, 0.717) is 13.1 Å². The number of hydrogen-bond donors (Lipinski definition) is 2. The fourth-order valence-electron chi connectivity index (χ4n) is 1.89. The molecule has 4 nitrogen and oxygen atoms in total. The monoisotopic (exact) mass is 207 g/mol. The maximum absolute atomic E-state index is 9.84. The Kier molecular flexibility index (Phi) is 2.63. The van der Waals surface area contributed by atoms with E-state index in [4.69, 9.17) is 5.73 Å². The van der Waals surface area contributed by atoms with Gasteiger partial charge in [0.2, 0.25) is 0 Å². The molecule has 0 radical (unpaired) electrons. The van der Waals surface area contributed by atoms with Crippen LogP contribution in [0.3, 0.4) is 0 Å². The Labute approximate surface area is 89.7 Å². The molecular formula is C11H17N3O. The lowest BCUT2D eigenvalue weighted by Crippen LogP contribution is -2.29. The minimum atomic E-state index is -0.563. The molecule has 4 heteroatoms. The molecule has 1 aliphatic heterocycles. The summed E-state index contributed by atoms with van der Waals surface area (Å²) in [7, 11) is 0. The first kappa shape index (κ1) is 10.4. The lowest BCUT2D eigenvalue weighted by atomic mass is 10.1. The van der Waals surface area contributed by atoms with Crippen LogP contribution in [-0.4, -0.2) is 28.8 Å². The largest absolute Gasteiger partial charge is 0.388 e. The highest BCUT2D eigenvalue weighted by Gasteiger charge is 2.31. The zero-order chi connectivity index (χ0) is 10.9. The smallest absolute Gasteiger partial charge is 0.0810 e. The Hall–Kier alpha value is -1.13. The van der Waals surface area contributed by atoms with Crippen LogP contribution in [0.5, 0.6) is 0 Å². The molecule has 1 unspecified atom stereocenters. The van der Waals surface area contributed by atoms with Crippen molar-refractivity contribution in [2.24, 2.45) is 5.73 Å². The Bertz CT molecular complexity index is 334. The van der Waals surface area contributed by atoms with Crippen LogP contribution in [-0.2, 0) is 6.54 Å². The molecule has 1 aliphatic rings. The summed E-state index contributed by atoms with van der Waals surface area (Å²) in [4.78, 5) is 6.39. The van der Waals surface area contributed by atoms with E-state index in [1.54, 1.807) is 0 Å².